The second kappa shape index (κ2) is 7.73. The molecule has 1 saturated heterocycles. The van der Waals surface area contributed by atoms with Crippen LogP contribution in [0.4, 0.5) is 5.82 Å². The summed E-state index contributed by atoms with van der Waals surface area (Å²) in [5, 5.41) is 3.53. The Morgan fingerprint density at radius 1 is 1.18 bits per heavy atom. The molecule has 1 N–H and O–H groups in total. The standard InChI is InChI=1S/C18H27N3O/c22-14-16-8-9-18(19-11-16)20-17-7-4-10-21(13-17)12-15-5-2-1-3-6-15/h8-9,11,14-15,17H,1-7,10,12-13H2,(H,19,20)/t17-/m1/s1. The molecule has 1 aromatic rings. The van der Waals surface area contributed by atoms with Crippen molar-refractivity contribution in [3.8, 4) is 0 Å². The predicted octanol–water partition coefficient (Wildman–Crippen LogP) is 3.35. The van der Waals surface area contributed by atoms with E-state index >= 15 is 0 Å². The molecule has 0 radical (unpaired) electrons. The second-order valence-electron chi connectivity index (χ2n) is 6.84. The first-order valence-corrected chi connectivity index (χ1v) is 8.73. The van der Waals surface area contributed by atoms with Gasteiger partial charge in [-0.25, -0.2) is 4.98 Å². The number of likely N-dealkylation sites (tertiary alicyclic amines) is 1. The number of piperidine rings is 1. The van der Waals surface area contributed by atoms with E-state index in [4.69, 9.17) is 0 Å². The van der Waals surface area contributed by atoms with Crippen LogP contribution >= 0.6 is 0 Å². The highest BCUT2D eigenvalue weighted by Gasteiger charge is 2.23. The molecule has 2 fully saturated rings. The Balaban J connectivity index is 1.50. The van der Waals surface area contributed by atoms with Crippen LogP contribution in [0.25, 0.3) is 0 Å². The van der Waals surface area contributed by atoms with E-state index in [-0.39, 0.29) is 0 Å². The van der Waals surface area contributed by atoms with Crippen LogP contribution in [-0.4, -0.2) is 41.8 Å². The van der Waals surface area contributed by atoms with E-state index in [1.807, 2.05) is 12.1 Å². The molecule has 0 aromatic carbocycles. The predicted molar refractivity (Wildman–Crippen MR) is 89.3 cm³/mol. The van der Waals surface area contributed by atoms with Crippen LogP contribution in [0, 0.1) is 5.92 Å². The third-order valence-electron chi connectivity index (χ3n) is 5.02. The first-order valence-electron chi connectivity index (χ1n) is 8.73. The number of carbonyl (C=O) groups excluding carboxylic acids is 1. The number of aldehydes is 1. The summed E-state index contributed by atoms with van der Waals surface area (Å²) < 4.78 is 0. The van der Waals surface area contributed by atoms with Gasteiger partial charge >= 0.3 is 0 Å². The Morgan fingerprint density at radius 2 is 2.05 bits per heavy atom. The molecule has 2 aliphatic rings. The maximum atomic E-state index is 10.7. The lowest BCUT2D eigenvalue weighted by atomic mass is 9.88. The Bertz CT molecular complexity index is 468. The van der Waals surface area contributed by atoms with E-state index in [2.05, 4.69) is 15.2 Å². The number of carbonyl (C=O) groups is 1. The summed E-state index contributed by atoms with van der Waals surface area (Å²) >= 11 is 0. The molecule has 1 aliphatic carbocycles. The zero-order valence-corrected chi connectivity index (χ0v) is 13.3. The average Bonchev–Trinajstić information content (AvgIpc) is 2.57. The molecule has 0 spiro atoms. The third-order valence-corrected chi connectivity index (χ3v) is 5.02. The van der Waals surface area contributed by atoms with E-state index in [0.717, 1.165) is 24.6 Å². The number of aromatic nitrogens is 1. The molecule has 3 rings (SSSR count). The monoisotopic (exact) mass is 301 g/mol. The summed E-state index contributed by atoms with van der Waals surface area (Å²) in [7, 11) is 0. The SMILES string of the molecule is O=Cc1ccc(N[C@@H]2CCCN(CC3CCCCC3)C2)nc1. The number of hydrogen-bond acceptors (Lipinski definition) is 4. The summed E-state index contributed by atoms with van der Waals surface area (Å²) in [6, 6.07) is 4.21. The molecular formula is C18H27N3O. The van der Waals surface area contributed by atoms with Crippen LogP contribution < -0.4 is 5.32 Å². The Labute approximate surface area is 133 Å². The first kappa shape index (κ1) is 15.5. The van der Waals surface area contributed by atoms with Crippen molar-refractivity contribution in [1.82, 2.24) is 9.88 Å². The molecule has 4 nitrogen and oxygen atoms in total. The van der Waals surface area contributed by atoms with Gasteiger partial charge in [0.15, 0.2) is 6.29 Å². The zero-order chi connectivity index (χ0) is 15.2. The van der Waals surface area contributed by atoms with Crippen LogP contribution in [0.15, 0.2) is 18.3 Å². The van der Waals surface area contributed by atoms with Crippen molar-refractivity contribution in [2.45, 2.75) is 51.0 Å². The topological polar surface area (TPSA) is 45.2 Å². The van der Waals surface area contributed by atoms with E-state index in [9.17, 15) is 4.79 Å². The first-order chi connectivity index (χ1) is 10.8. The van der Waals surface area contributed by atoms with E-state index in [0.29, 0.717) is 11.6 Å². The highest BCUT2D eigenvalue weighted by Crippen LogP contribution is 2.25. The fourth-order valence-corrected chi connectivity index (χ4v) is 3.84. The van der Waals surface area contributed by atoms with Gasteiger partial charge in [-0.15, -0.1) is 0 Å². The van der Waals surface area contributed by atoms with Crippen molar-refractivity contribution in [1.29, 1.82) is 0 Å². The van der Waals surface area contributed by atoms with E-state index in [1.54, 1.807) is 6.20 Å². The van der Waals surface area contributed by atoms with Crippen LogP contribution in [-0.2, 0) is 0 Å². The Morgan fingerprint density at radius 3 is 2.77 bits per heavy atom. The maximum Gasteiger partial charge on any atom is 0.151 e. The third kappa shape index (κ3) is 4.29. The molecule has 1 atom stereocenters. The number of nitrogens with one attached hydrogen (secondary N) is 1. The zero-order valence-electron chi connectivity index (χ0n) is 13.3. The van der Waals surface area contributed by atoms with Crippen molar-refractivity contribution < 1.29 is 4.79 Å². The van der Waals surface area contributed by atoms with Gasteiger partial charge in [-0.1, -0.05) is 19.3 Å². The average molecular weight is 301 g/mol. The lowest BCUT2D eigenvalue weighted by Gasteiger charge is -2.36. The summed E-state index contributed by atoms with van der Waals surface area (Å²) in [5.41, 5.74) is 0.633. The van der Waals surface area contributed by atoms with Gasteiger partial charge in [-0.05, 0) is 50.3 Å². The smallest absolute Gasteiger partial charge is 0.151 e. The molecule has 1 aromatic heterocycles. The van der Waals surface area contributed by atoms with Gasteiger partial charge in [0.2, 0.25) is 0 Å². The van der Waals surface area contributed by atoms with Gasteiger partial charge in [0, 0.05) is 30.9 Å². The van der Waals surface area contributed by atoms with Crippen LogP contribution in [0.1, 0.15) is 55.3 Å². The van der Waals surface area contributed by atoms with Crippen LogP contribution in [0.3, 0.4) is 0 Å². The number of nitrogens with zero attached hydrogens (tertiary/aromatic N) is 2. The molecule has 1 saturated carbocycles. The van der Waals surface area contributed by atoms with Crippen LogP contribution in [0.2, 0.25) is 0 Å². The summed E-state index contributed by atoms with van der Waals surface area (Å²) in [6.07, 6.45) is 12.1. The van der Waals surface area contributed by atoms with E-state index < -0.39 is 0 Å². The molecule has 22 heavy (non-hydrogen) atoms. The molecule has 1 aliphatic heterocycles. The molecule has 0 bridgehead atoms. The van der Waals surface area contributed by atoms with Gasteiger partial charge in [0.05, 0.1) is 0 Å². The fraction of sp³-hybridized carbons (Fsp3) is 0.667. The lowest BCUT2D eigenvalue weighted by Crippen LogP contribution is -2.44. The summed E-state index contributed by atoms with van der Waals surface area (Å²) in [6.45, 7) is 3.63. The molecular weight excluding hydrogens is 274 g/mol. The molecule has 0 unspecified atom stereocenters. The maximum absolute atomic E-state index is 10.7. The Kier molecular flexibility index (Phi) is 5.43. The van der Waals surface area contributed by atoms with Crippen LogP contribution in [0.5, 0.6) is 0 Å². The molecule has 120 valence electrons. The fourth-order valence-electron chi connectivity index (χ4n) is 3.84. The normalized spacial score (nSPS) is 24.1. The number of anilines is 1. The largest absolute Gasteiger partial charge is 0.366 e. The van der Waals surface area contributed by atoms with Gasteiger partial charge in [0.1, 0.15) is 5.82 Å². The highest BCUT2D eigenvalue weighted by molar-refractivity contribution is 5.74. The summed E-state index contributed by atoms with van der Waals surface area (Å²) in [4.78, 5) is 17.6. The Hall–Kier alpha value is -1.42. The summed E-state index contributed by atoms with van der Waals surface area (Å²) in [5.74, 6) is 1.80. The molecule has 4 heteroatoms. The van der Waals surface area contributed by atoms with Crippen molar-refractivity contribution >= 4 is 12.1 Å². The van der Waals surface area contributed by atoms with Crippen molar-refractivity contribution in [2.75, 3.05) is 25.0 Å². The van der Waals surface area contributed by atoms with Gasteiger partial charge in [0.25, 0.3) is 0 Å². The highest BCUT2D eigenvalue weighted by atomic mass is 16.1. The quantitative estimate of drug-likeness (QED) is 0.847. The van der Waals surface area contributed by atoms with Crippen molar-refractivity contribution in [3.63, 3.8) is 0 Å². The molecule has 2 heterocycles. The van der Waals surface area contributed by atoms with Crippen molar-refractivity contribution in [2.24, 2.45) is 5.92 Å². The van der Waals surface area contributed by atoms with Gasteiger partial charge in [-0.3, -0.25) is 4.79 Å². The molecule has 0 amide bonds. The van der Waals surface area contributed by atoms with Gasteiger partial charge in [-0.2, -0.15) is 0 Å². The van der Waals surface area contributed by atoms with E-state index in [1.165, 1.54) is 58.0 Å². The van der Waals surface area contributed by atoms with Crippen molar-refractivity contribution in [3.05, 3.63) is 23.9 Å². The van der Waals surface area contributed by atoms with Gasteiger partial charge < -0.3 is 10.2 Å². The number of pyridine rings is 1. The minimum absolute atomic E-state index is 0.479. The minimum Gasteiger partial charge on any atom is -0.366 e. The number of hydrogen-bond donors (Lipinski definition) is 1. The minimum atomic E-state index is 0.479. The lowest BCUT2D eigenvalue weighted by molar-refractivity contribution is 0.112. The second-order valence-corrected chi connectivity index (χ2v) is 6.84. The number of rotatable bonds is 5.